The fraction of sp³-hybridized carbons (Fsp3) is 1.00. The van der Waals surface area contributed by atoms with Crippen LogP contribution in [-0.4, -0.2) is 24.6 Å². The molecule has 3 rings (SSSR count). The van der Waals surface area contributed by atoms with Gasteiger partial charge in [-0.05, 0) is 4.21 Å². The van der Waals surface area contributed by atoms with Crippen LogP contribution in [-0.2, 0) is 40.8 Å². The van der Waals surface area contributed by atoms with E-state index in [1.54, 1.807) is 0 Å². The SMILES string of the molecule is O=P1(N(P2(=O)OCO2)P2(=O)OCO2)OCO1. The molecule has 3 heterocycles. The van der Waals surface area contributed by atoms with E-state index in [0.717, 1.165) is 0 Å². The molecule has 3 fully saturated rings. The van der Waals surface area contributed by atoms with Crippen LogP contribution in [0.4, 0.5) is 0 Å². The Balaban J connectivity index is 1.98. The van der Waals surface area contributed by atoms with Gasteiger partial charge in [-0.1, -0.05) is 0 Å². The van der Waals surface area contributed by atoms with Crippen molar-refractivity contribution in [3.8, 4) is 0 Å². The van der Waals surface area contributed by atoms with Gasteiger partial charge < -0.3 is 0 Å². The molecule has 0 radical (unpaired) electrons. The summed E-state index contributed by atoms with van der Waals surface area (Å²) in [6.07, 6.45) is 0. The Labute approximate surface area is 89.5 Å². The Morgan fingerprint density at radius 2 is 0.875 bits per heavy atom. The summed E-state index contributed by atoms with van der Waals surface area (Å²) in [6.45, 7) is -0.810. The van der Waals surface area contributed by atoms with Crippen molar-refractivity contribution in [1.82, 2.24) is 4.21 Å². The minimum absolute atomic E-state index is 0.270. The highest BCUT2D eigenvalue weighted by molar-refractivity contribution is 7.81. The lowest BCUT2D eigenvalue weighted by molar-refractivity contribution is -0.0495. The van der Waals surface area contributed by atoms with Crippen molar-refractivity contribution in [2.45, 2.75) is 0 Å². The van der Waals surface area contributed by atoms with Crippen LogP contribution in [0, 0.1) is 0 Å². The molecule has 0 atom stereocenters. The summed E-state index contributed by atoms with van der Waals surface area (Å²) in [5.74, 6) is 0. The van der Waals surface area contributed by atoms with Crippen LogP contribution in [0.25, 0.3) is 0 Å². The minimum Gasteiger partial charge on any atom is -0.268 e. The van der Waals surface area contributed by atoms with Crippen LogP contribution >= 0.6 is 23.2 Å². The monoisotopic (exact) mass is 293 g/mol. The second kappa shape index (κ2) is 3.46. The second-order valence-electron chi connectivity index (χ2n) is 2.80. The van der Waals surface area contributed by atoms with E-state index in [0.29, 0.717) is 4.21 Å². The van der Waals surface area contributed by atoms with E-state index in [1.807, 2.05) is 0 Å². The Hall–Kier alpha value is 0.410. The maximum absolute atomic E-state index is 11.9. The van der Waals surface area contributed by atoms with Gasteiger partial charge in [0.1, 0.15) is 0 Å². The largest absolute Gasteiger partial charge is 0.431 e. The Morgan fingerprint density at radius 3 is 1.00 bits per heavy atom. The minimum atomic E-state index is -3.97. The predicted octanol–water partition coefficient (Wildman–Crippen LogP) is 1.63. The Kier molecular flexibility index (Phi) is 2.49. The Morgan fingerprint density at radius 1 is 0.625 bits per heavy atom. The quantitative estimate of drug-likeness (QED) is 0.711. The van der Waals surface area contributed by atoms with Gasteiger partial charge in [-0.25, -0.2) is 13.7 Å². The molecule has 16 heavy (non-hydrogen) atoms. The third kappa shape index (κ3) is 1.44. The summed E-state index contributed by atoms with van der Waals surface area (Å²) < 4.78 is 63.6. The van der Waals surface area contributed by atoms with Crippen molar-refractivity contribution in [2.75, 3.05) is 20.4 Å². The molecule has 0 N–H and O–H groups in total. The molecule has 0 unspecified atom stereocenters. The lowest BCUT2D eigenvalue weighted by Gasteiger charge is -2.44. The van der Waals surface area contributed by atoms with Crippen molar-refractivity contribution in [3.05, 3.63) is 0 Å². The smallest absolute Gasteiger partial charge is 0.268 e. The number of nitrogens with zero attached hydrogens (tertiary/aromatic N) is 1. The molecule has 0 spiro atoms. The zero-order chi connectivity index (χ0) is 11.4. The molecule has 0 saturated carbocycles. The van der Waals surface area contributed by atoms with E-state index in [-0.39, 0.29) is 20.4 Å². The lowest BCUT2D eigenvalue weighted by atomic mass is 11.6. The molecule has 10 nitrogen and oxygen atoms in total. The van der Waals surface area contributed by atoms with Gasteiger partial charge in [-0.2, -0.15) is 0 Å². The first kappa shape index (κ1) is 11.5. The molecule has 0 aliphatic carbocycles. The second-order valence-corrected chi connectivity index (χ2v) is 9.31. The molecular formula is C3H6NO9P3. The summed E-state index contributed by atoms with van der Waals surface area (Å²) in [6, 6.07) is 0. The van der Waals surface area contributed by atoms with E-state index in [9.17, 15) is 13.7 Å². The van der Waals surface area contributed by atoms with Crippen LogP contribution < -0.4 is 0 Å². The molecule has 3 saturated heterocycles. The van der Waals surface area contributed by atoms with E-state index < -0.39 is 23.2 Å². The van der Waals surface area contributed by atoms with Gasteiger partial charge in [0.05, 0.1) is 0 Å². The fourth-order valence-electron chi connectivity index (χ4n) is 1.14. The van der Waals surface area contributed by atoms with Crippen molar-refractivity contribution in [2.24, 2.45) is 0 Å². The molecule has 92 valence electrons. The normalized spacial score (nSPS) is 33.6. The molecule has 0 aromatic carbocycles. The first-order valence-corrected chi connectivity index (χ1v) is 8.46. The van der Waals surface area contributed by atoms with Gasteiger partial charge in [0.25, 0.3) is 0 Å². The average molecular weight is 293 g/mol. The summed E-state index contributed by atoms with van der Waals surface area (Å²) in [7, 11) is -11.9. The molecule has 3 aliphatic heterocycles. The zero-order valence-electron chi connectivity index (χ0n) is 7.58. The molecular weight excluding hydrogens is 287 g/mol. The standard InChI is InChI=1S/C3H6NO9P3/c5-14(8-1-9-14)4(15(6)10-2-11-15)16(7)12-3-13-16/h1-3H2. The van der Waals surface area contributed by atoms with Crippen molar-refractivity contribution in [1.29, 1.82) is 0 Å². The van der Waals surface area contributed by atoms with Gasteiger partial charge in [0.15, 0.2) is 20.4 Å². The third-order valence-corrected chi connectivity index (χ3v) is 9.80. The van der Waals surface area contributed by atoms with Gasteiger partial charge >= 0.3 is 23.2 Å². The van der Waals surface area contributed by atoms with Crippen LogP contribution in [0.3, 0.4) is 0 Å². The maximum atomic E-state index is 11.9. The summed E-state index contributed by atoms with van der Waals surface area (Å²) in [5.41, 5.74) is 0. The summed E-state index contributed by atoms with van der Waals surface area (Å²) in [5, 5.41) is 0. The first-order valence-electron chi connectivity index (χ1n) is 3.98. The molecule has 0 bridgehead atoms. The third-order valence-electron chi connectivity index (χ3n) is 1.95. The van der Waals surface area contributed by atoms with Crippen molar-refractivity contribution < 1.29 is 40.8 Å². The van der Waals surface area contributed by atoms with E-state index in [1.165, 1.54) is 0 Å². The number of hydrogen-bond donors (Lipinski definition) is 0. The topological polar surface area (TPSA) is 110 Å². The predicted molar refractivity (Wildman–Crippen MR) is 45.8 cm³/mol. The van der Waals surface area contributed by atoms with Gasteiger partial charge in [0.2, 0.25) is 0 Å². The van der Waals surface area contributed by atoms with E-state index in [2.05, 4.69) is 27.1 Å². The molecule has 13 heteroatoms. The fourth-order valence-corrected chi connectivity index (χ4v) is 7.70. The van der Waals surface area contributed by atoms with Gasteiger partial charge in [-0.3, -0.25) is 27.1 Å². The highest BCUT2D eigenvalue weighted by Gasteiger charge is 2.67. The molecule has 0 amide bonds. The van der Waals surface area contributed by atoms with Gasteiger partial charge in [-0.15, -0.1) is 0 Å². The first-order chi connectivity index (χ1) is 7.49. The average Bonchev–Trinajstić information content (AvgIpc) is 2.10. The summed E-state index contributed by atoms with van der Waals surface area (Å²) in [4.78, 5) is 0. The van der Waals surface area contributed by atoms with Crippen LogP contribution in [0.15, 0.2) is 0 Å². The molecule has 3 aliphatic rings. The van der Waals surface area contributed by atoms with E-state index >= 15 is 0 Å². The highest BCUT2D eigenvalue weighted by Crippen LogP contribution is 2.86. The zero-order valence-corrected chi connectivity index (χ0v) is 10.3. The lowest BCUT2D eigenvalue weighted by Crippen LogP contribution is -2.34. The highest BCUT2D eigenvalue weighted by atomic mass is 31.3. The number of hydrogen-bond acceptors (Lipinski definition) is 9. The number of rotatable bonds is 3. The molecule has 0 aromatic heterocycles. The summed E-state index contributed by atoms with van der Waals surface area (Å²) >= 11 is 0. The Bertz CT molecular complexity index is 370. The molecule has 0 aromatic rings. The van der Waals surface area contributed by atoms with Crippen LogP contribution in [0.1, 0.15) is 0 Å². The van der Waals surface area contributed by atoms with Gasteiger partial charge in [0, 0.05) is 0 Å². The maximum Gasteiger partial charge on any atom is 0.431 e. The van der Waals surface area contributed by atoms with Crippen molar-refractivity contribution >= 4 is 23.2 Å². The van der Waals surface area contributed by atoms with Crippen LogP contribution in [0.2, 0.25) is 0 Å². The van der Waals surface area contributed by atoms with Crippen LogP contribution in [0.5, 0.6) is 0 Å². The van der Waals surface area contributed by atoms with Crippen molar-refractivity contribution in [3.63, 3.8) is 0 Å². The van der Waals surface area contributed by atoms with E-state index in [4.69, 9.17) is 0 Å².